The Hall–Kier alpha value is -2.50. The number of alkyl halides is 3. The van der Waals surface area contributed by atoms with E-state index in [1.165, 1.54) is 30.3 Å². The van der Waals surface area contributed by atoms with Gasteiger partial charge in [-0.05, 0) is 42.0 Å². The number of rotatable bonds is 4. The van der Waals surface area contributed by atoms with Crippen molar-refractivity contribution < 1.29 is 31.5 Å². The fraction of sp³-hybridized carbons (Fsp3) is 0.263. The van der Waals surface area contributed by atoms with Gasteiger partial charge < -0.3 is 10.0 Å². The van der Waals surface area contributed by atoms with Crippen molar-refractivity contribution in [3.8, 4) is 11.1 Å². The molecule has 1 aliphatic rings. The second-order valence-electron chi connectivity index (χ2n) is 6.75. The molecule has 1 N–H and O–H groups in total. The molecule has 0 radical (unpaired) electrons. The van der Waals surface area contributed by atoms with Crippen LogP contribution in [0, 0.1) is 0 Å². The molecule has 0 spiro atoms. The SMILES string of the molecule is O=C(O)N1CCN(S(=O)(=O)c2ccc(-c3c(Cl)cc(N=C=S)cc3C(F)(F)F)cc2)CC1. The minimum Gasteiger partial charge on any atom is -0.465 e. The maximum atomic E-state index is 13.6. The molecule has 1 saturated heterocycles. The van der Waals surface area contributed by atoms with Gasteiger partial charge in [0.25, 0.3) is 0 Å². The van der Waals surface area contributed by atoms with Crippen LogP contribution in [0.25, 0.3) is 11.1 Å². The maximum Gasteiger partial charge on any atom is 0.417 e. The van der Waals surface area contributed by atoms with E-state index in [0.29, 0.717) is 0 Å². The van der Waals surface area contributed by atoms with Crippen LogP contribution in [0.2, 0.25) is 5.02 Å². The van der Waals surface area contributed by atoms with Crippen molar-refractivity contribution in [1.82, 2.24) is 9.21 Å². The summed E-state index contributed by atoms with van der Waals surface area (Å²) in [6.07, 6.45) is -5.88. The summed E-state index contributed by atoms with van der Waals surface area (Å²) in [4.78, 5) is 15.5. The summed E-state index contributed by atoms with van der Waals surface area (Å²) in [6, 6.07) is 6.84. The van der Waals surface area contributed by atoms with Crippen molar-refractivity contribution in [3.63, 3.8) is 0 Å². The van der Waals surface area contributed by atoms with Gasteiger partial charge in [0, 0.05) is 31.7 Å². The number of aliphatic imine (C=N–C) groups is 1. The topological polar surface area (TPSA) is 90.3 Å². The lowest BCUT2D eigenvalue weighted by atomic mass is 9.98. The number of benzene rings is 2. The van der Waals surface area contributed by atoms with Crippen LogP contribution >= 0.6 is 23.8 Å². The first-order valence-corrected chi connectivity index (χ1v) is 11.2. The molecule has 3 rings (SSSR count). The second kappa shape index (κ2) is 9.16. The van der Waals surface area contributed by atoms with E-state index in [9.17, 15) is 26.4 Å². The summed E-state index contributed by atoms with van der Waals surface area (Å²) in [5, 5.41) is 10.7. The van der Waals surface area contributed by atoms with Crippen LogP contribution in [-0.4, -0.2) is 60.2 Å². The summed E-state index contributed by atoms with van der Waals surface area (Å²) < 4.78 is 67.7. The van der Waals surface area contributed by atoms with Crippen molar-refractivity contribution in [2.75, 3.05) is 26.2 Å². The Morgan fingerprint density at radius 3 is 2.22 bits per heavy atom. The van der Waals surface area contributed by atoms with Gasteiger partial charge in [-0.15, -0.1) is 0 Å². The molecule has 0 saturated carbocycles. The van der Waals surface area contributed by atoms with E-state index in [1.54, 1.807) is 0 Å². The van der Waals surface area contributed by atoms with Gasteiger partial charge in [-0.1, -0.05) is 23.7 Å². The van der Waals surface area contributed by atoms with Gasteiger partial charge in [0.2, 0.25) is 10.0 Å². The Balaban J connectivity index is 1.95. The zero-order chi connectivity index (χ0) is 23.7. The highest BCUT2D eigenvalue weighted by molar-refractivity contribution is 7.89. The summed E-state index contributed by atoms with van der Waals surface area (Å²) >= 11 is 10.5. The van der Waals surface area contributed by atoms with Gasteiger partial charge in [-0.2, -0.15) is 22.5 Å². The molecule has 0 atom stereocenters. The molecule has 7 nitrogen and oxygen atoms in total. The van der Waals surface area contributed by atoms with E-state index in [2.05, 4.69) is 17.2 Å². The molecule has 1 fully saturated rings. The van der Waals surface area contributed by atoms with E-state index in [4.69, 9.17) is 16.7 Å². The highest BCUT2D eigenvalue weighted by Crippen LogP contribution is 2.43. The first kappa shape index (κ1) is 24.1. The van der Waals surface area contributed by atoms with Crippen LogP contribution in [0.5, 0.6) is 0 Å². The van der Waals surface area contributed by atoms with Crippen molar-refractivity contribution in [3.05, 3.63) is 47.0 Å². The average Bonchev–Trinajstić information content (AvgIpc) is 2.73. The molecule has 1 heterocycles. The number of nitrogens with zero attached hydrogens (tertiary/aromatic N) is 3. The monoisotopic (exact) mass is 505 g/mol. The van der Waals surface area contributed by atoms with Crippen molar-refractivity contribution in [1.29, 1.82) is 0 Å². The third kappa shape index (κ3) is 4.94. The van der Waals surface area contributed by atoms with Crippen molar-refractivity contribution in [2.24, 2.45) is 4.99 Å². The third-order valence-electron chi connectivity index (χ3n) is 4.85. The summed E-state index contributed by atoms with van der Waals surface area (Å²) in [6.45, 7) is -0.00786. The molecule has 32 heavy (non-hydrogen) atoms. The number of carbonyl (C=O) groups is 1. The maximum absolute atomic E-state index is 13.6. The standard InChI is InChI=1S/C19H15ClF3N3O4S2/c20-16-10-13(24-11-31)9-15(19(21,22)23)17(16)12-1-3-14(4-2-12)32(29,30)26-7-5-25(6-8-26)18(27)28/h1-4,9-10H,5-8H2,(H,27,28). The van der Waals surface area contributed by atoms with Crippen LogP contribution in [0.15, 0.2) is 46.3 Å². The molecule has 0 aromatic heterocycles. The lowest BCUT2D eigenvalue weighted by Gasteiger charge is -2.32. The Kier molecular flexibility index (Phi) is 6.91. The van der Waals surface area contributed by atoms with Crippen molar-refractivity contribution >= 4 is 50.8 Å². The van der Waals surface area contributed by atoms with E-state index in [0.717, 1.165) is 15.3 Å². The van der Waals surface area contributed by atoms with E-state index in [-0.39, 0.29) is 52.9 Å². The lowest BCUT2D eigenvalue weighted by Crippen LogP contribution is -2.50. The number of thiocarbonyl (C=S) groups is 1. The Morgan fingerprint density at radius 2 is 1.72 bits per heavy atom. The second-order valence-corrected chi connectivity index (χ2v) is 9.28. The molecule has 2 aromatic carbocycles. The molecule has 1 aliphatic heterocycles. The van der Waals surface area contributed by atoms with E-state index in [1.807, 2.05) is 5.16 Å². The first-order chi connectivity index (χ1) is 14.9. The average molecular weight is 506 g/mol. The minimum atomic E-state index is -4.75. The molecule has 1 amide bonds. The highest BCUT2D eigenvalue weighted by Gasteiger charge is 2.36. The van der Waals surface area contributed by atoms with Gasteiger partial charge in [0.05, 0.1) is 26.3 Å². The van der Waals surface area contributed by atoms with Crippen molar-refractivity contribution in [2.45, 2.75) is 11.1 Å². The summed E-state index contributed by atoms with van der Waals surface area (Å²) in [5.41, 5.74) is -1.41. The number of piperazine rings is 1. The van der Waals surface area contributed by atoms with E-state index < -0.39 is 27.9 Å². The molecular weight excluding hydrogens is 491 g/mol. The smallest absolute Gasteiger partial charge is 0.417 e. The molecule has 0 aliphatic carbocycles. The number of sulfonamides is 1. The van der Waals surface area contributed by atoms with Crippen LogP contribution in [0.4, 0.5) is 23.7 Å². The normalized spacial score (nSPS) is 15.3. The minimum absolute atomic E-state index is 0.0216. The fourth-order valence-electron chi connectivity index (χ4n) is 3.29. The number of carboxylic acid groups (broad SMARTS) is 1. The lowest BCUT2D eigenvalue weighted by molar-refractivity contribution is -0.137. The number of amides is 1. The van der Waals surface area contributed by atoms with Crippen LogP contribution in [0.3, 0.4) is 0 Å². The number of halogens is 4. The predicted molar refractivity (Wildman–Crippen MR) is 115 cm³/mol. The number of hydrogen-bond acceptors (Lipinski definition) is 5. The quantitative estimate of drug-likeness (QED) is 0.478. The van der Waals surface area contributed by atoms with Gasteiger partial charge in [-0.3, -0.25) is 0 Å². The van der Waals surface area contributed by atoms with Crippen LogP contribution < -0.4 is 0 Å². The third-order valence-corrected chi connectivity index (χ3v) is 7.15. The molecule has 170 valence electrons. The molecule has 2 aromatic rings. The fourth-order valence-corrected chi connectivity index (χ4v) is 5.14. The van der Waals surface area contributed by atoms with Gasteiger partial charge in [0.1, 0.15) is 0 Å². The molecule has 13 heteroatoms. The molecule has 0 unspecified atom stereocenters. The zero-order valence-corrected chi connectivity index (χ0v) is 18.5. The van der Waals surface area contributed by atoms with Gasteiger partial charge in [0.15, 0.2) is 0 Å². The highest BCUT2D eigenvalue weighted by atomic mass is 35.5. The molecule has 0 bridgehead atoms. The Bertz CT molecular complexity index is 1190. The number of hydrogen-bond donors (Lipinski definition) is 1. The summed E-state index contributed by atoms with van der Waals surface area (Å²) in [7, 11) is -3.95. The van der Waals surface area contributed by atoms with Crippen LogP contribution in [0.1, 0.15) is 5.56 Å². The van der Waals surface area contributed by atoms with Crippen LogP contribution in [-0.2, 0) is 16.2 Å². The van der Waals surface area contributed by atoms with E-state index >= 15 is 0 Å². The largest absolute Gasteiger partial charge is 0.465 e. The zero-order valence-electron chi connectivity index (χ0n) is 16.1. The molecular formula is C19H15ClF3N3O4S2. The van der Waals surface area contributed by atoms with Gasteiger partial charge >= 0.3 is 12.3 Å². The number of isothiocyanates is 1. The first-order valence-electron chi connectivity index (χ1n) is 9.02. The Morgan fingerprint density at radius 1 is 1.12 bits per heavy atom. The summed E-state index contributed by atoms with van der Waals surface area (Å²) in [5.74, 6) is 0. The Labute approximate surface area is 191 Å². The predicted octanol–water partition coefficient (Wildman–Crippen LogP) is 4.74. The van der Waals surface area contributed by atoms with Gasteiger partial charge in [-0.25, -0.2) is 13.2 Å².